The maximum absolute atomic E-state index is 14.4. The number of ether oxygens (including phenoxy) is 3. The Kier molecular flexibility index (Phi) is 12.0. The number of methoxy groups -OCH3 is 1. The molecule has 0 amide bonds. The molecule has 0 saturated carbocycles. The summed E-state index contributed by atoms with van der Waals surface area (Å²) in [5.74, 6) is -2.38. The molecule has 44 heavy (non-hydrogen) atoms. The van der Waals surface area contributed by atoms with E-state index in [0.717, 1.165) is 44.6 Å². The van der Waals surface area contributed by atoms with E-state index >= 15 is 0 Å². The van der Waals surface area contributed by atoms with E-state index in [0.29, 0.717) is 24.7 Å². The van der Waals surface area contributed by atoms with Gasteiger partial charge in [-0.2, -0.15) is 13.2 Å². The second-order valence-corrected chi connectivity index (χ2v) is 12.2. The summed E-state index contributed by atoms with van der Waals surface area (Å²) in [5.41, 5.74) is 1.21. The fourth-order valence-corrected chi connectivity index (χ4v) is 6.05. The van der Waals surface area contributed by atoms with Crippen LogP contribution in [0, 0.1) is 5.41 Å². The van der Waals surface area contributed by atoms with Crippen molar-refractivity contribution in [3.05, 3.63) is 82.0 Å². The molecular formula is C35H43F3O6. The lowest BCUT2D eigenvalue weighted by atomic mass is 9.71. The summed E-state index contributed by atoms with van der Waals surface area (Å²) in [4.78, 5) is 36.9. The van der Waals surface area contributed by atoms with E-state index in [4.69, 9.17) is 14.2 Å². The third-order valence-corrected chi connectivity index (χ3v) is 8.65. The molecule has 1 aromatic rings. The average molecular weight is 617 g/mol. The molecular weight excluding hydrogens is 573 g/mol. The second kappa shape index (κ2) is 15.0. The fourth-order valence-electron chi connectivity index (χ4n) is 6.05. The van der Waals surface area contributed by atoms with E-state index in [1.165, 1.54) is 53.8 Å². The zero-order valence-corrected chi connectivity index (χ0v) is 26.2. The Morgan fingerprint density at radius 1 is 1.14 bits per heavy atom. The van der Waals surface area contributed by atoms with E-state index in [1.807, 2.05) is 0 Å². The number of carbonyl (C=O) groups is 3. The molecule has 6 nitrogen and oxygen atoms in total. The summed E-state index contributed by atoms with van der Waals surface area (Å²) >= 11 is 0. The summed E-state index contributed by atoms with van der Waals surface area (Å²) in [7, 11) is 0.784. The summed E-state index contributed by atoms with van der Waals surface area (Å²) < 4.78 is 58.4. The summed E-state index contributed by atoms with van der Waals surface area (Å²) in [6.45, 7) is 8.67. The minimum Gasteiger partial charge on any atom is -0.458 e. The molecule has 1 aliphatic carbocycles. The van der Waals surface area contributed by atoms with E-state index in [9.17, 15) is 27.6 Å². The van der Waals surface area contributed by atoms with E-state index < -0.39 is 35.4 Å². The van der Waals surface area contributed by atoms with Crippen molar-refractivity contribution in [2.75, 3.05) is 13.7 Å². The molecule has 240 valence electrons. The number of benzene rings is 1. The topological polar surface area (TPSA) is 78.9 Å². The molecule has 9 heteroatoms. The van der Waals surface area contributed by atoms with E-state index in [-0.39, 0.29) is 24.0 Å². The van der Waals surface area contributed by atoms with Crippen molar-refractivity contribution >= 4 is 18.2 Å². The van der Waals surface area contributed by atoms with Crippen molar-refractivity contribution in [3.63, 3.8) is 0 Å². The van der Waals surface area contributed by atoms with Crippen LogP contribution in [0.3, 0.4) is 0 Å². The molecule has 2 aliphatic rings. The first-order chi connectivity index (χ1) is 20.7. The standard InChI is InChI=1S/C35H43F3O6/c1-24(16-18-29-25(2)12-10-20-33(29,3)4)11-9-13-26(22-39)17-19-30(27-21-31(40)43-23-27)44-32(41)34(42-5,35(36,37)38)28-14-7-6-8-15-28/h6-8,11,14-15,17,21-22,30H,9-10,12-13,16,18-20,23H2,1-5H3/b24-11+,26-17-/t30-,34-/m1/s1. The zero-order valence-electron chi connectivity index (χ0n) is 26.2. The predicted octanol–water partition coefficient (Wildman–Crippen LogP) is 8.03. The Labute approximate surface area is 258 Å². The highest BCUT2D eigenvalue weighted by Crippen LogP contribution is 2.44. The Bertz CT molecular complexity index is 1320. The molecule has 1 heterocycles. The van der Waals surface area contributed by atoms with Gasteiger partial charge in [0.05, 0.1) is 0 Å². The largest absolute Gasteiger partial charge is 0.458 e. The van der Waals surface area contributed by atoms with Gasteiger partial charge in [0.25, 0.3) is 5.60 Å². The molecule has 0 radical (unpaired) electrons. The van der Waals surface area contributed by atoms with Crippen molar-refractivity contribution in [1.29, 1.82) is 0 Å². The van der Waals surface area contributed by atoms with Crippen molar-refractivity contribution in [3.8, 4) is 0 Å². The van der Waals surface area contributed by atoms with Crippen LogP contribution >= 0.6 is 0 Å². The molecule has 2 atom stereocenters. The minimum atomic E-state index is -5.16. The summed E-state index contributed by atoms with van der Waals surface area (Å²) in [6, 6.07) is 6.48. The maximum Gasteiger partial charge on any atom is 0.432 e. The van der Waals surface area contributed by atoms with Gasteiger partial charge >= 0.3 is 18.1 Å². The van der Waals surface area contributed by atoms with Gasteiger partial charge in [0, 0.05) is 30.7 Å². The highest BCUT2D eigenvalue weighted by Gasteiger charge is 2.64. The number of rotatable bonds is 14. The van der Waals surface area contributed by atoms with Gasteiger partial charge in [-0.25, -0.2) is 9.59 Å². The number of allylic oxidation sites excluding steroid dienone is 5. The van der Waals surface area contributed by atoms with Crippen LogP contribution in [-0.2, 0) is 34.2 Å². The number of alkyl halides is 3. The van der Waals surface area contributed by atoms with Crippen molar-refractivity contribution in [2.24, 2.45) is 5.41 Å². The molecule has 3 rings (SSSR count). The molecule has 0 aromatic heterocycles. The molecule has 0 bridgehead atoms. The molecule has 1 aliphatic heterocycles. The zero-order chi connectivity index (χ0) is 32.5. The monoisotopic (exact) mass is 616 g/mol. The number of esters is 2. The Balaban J connectivity index is 1.73. The highest BCUT2D eigenvalue weighted by molar-refractivity contribution is 5.86. The van der Waals surface area contributed by atoms with Crippen LogP contribution in [0.4, 0.5) is 13.2 Å². The lowest BCUT2D eigenvalue weighted by Crippen LogP contribution is -2.52. The van der Waals surface area contributed by atoms with Gasteiger partial charge in [-0.1, -0.05) is 73.1 Å². The van der Waals surface area contributed by atoms with Crippen molar-refractivity contribution < 1.29 is 41.8 Å². The molecule has 0 unspecified atom stereocenters. The van der Waals surface area contributed by atoms with Gasteiger partial charge in [0.1, 0.15) is 19.0 Å². The van der Waals surface area contributed by atoms with Gasteiger partial charge in [0.15, 0.2) is 0 Å². The Hall–Kier alpha value is -3.46. The third kappa shape index (κ3) is 8.37. The minimum absolute atomic E-state index is 0.125. The molecule has 0 spiro atoms. The van der Waals surface area contributed by atoms with Crippen LogP contribution in [0.25, 0.3) is 0 Å². The van der Waals surface area contributed by atoms with Crippen LogP contribution in [0.15, 0.2) is 76.4 Å². The maximum atomic E-state index is 14.4. The first kappa shape index (κ1) is 35.0. The predicted molar refractivity (Wildman–Crippen MR) is 161 cm³/mol. The number of hydrogen-bond acceptors (Lipinski definition) is 6. The normalized spacial score (nSPS) is 19.6. The number of cyclic esters (lactones) is 1. The van der Waals surface area contributed by atoms with Gasteiger partial charge in [-0.3, -0.25) is 4.79 Å². The van der Waals surface area contributed by atoms with Crippen molar-refractivity contribution in [2.45, 2.75) is 96.9 Å². The summed E-state index contributed by atoms with van der Waals surface area (Å²) in [6.07, 6.45) is 5.34. The molecule has 0 fully saturated rings. The molecule has 1 aromatic carbocycles. The Morgan fingerprint density at radius 3 is 2.41 bits per heavy atom. The first-order valence-corrected chi connectivity index (χ1v) is 15.0. The van der Waals surface area contributed by atoms with E-state index in [1.54, 1.807) is 0 Å². The van der Waals surface area contributed by atoms with Crippen molar-refractivity contribution in [1.82, 2.24) is 0 Å². The molecule has 0 N–H and O–H groups in total. The summed E-state index contributed by atoms with van der Waals surface area (Å²) in [5, 5.41) is 0. The third-order valence-electron chi connectivity index (χ3n) is 8.65. The Morgan fingerprint density at radius 2 is 1.84 bits per heavy atom. The van der Waals surface area contributed by atoms with Crippen LogP contribution < -0.4 is 0 Å². The van der Waals surface area contributed by atoms with Crippen LogP contribution in [0.1, 0.15) is 84.6 Å². The average Bonchev–Trinajstić information content (AvgIpc) is 3.40. The van der Waals surface area contributed by atoms with Gasteiger partial charge < -0.3 is 14.2 Å². The number of halogens is 3. The fraction of sp³-hybridized carbons (Fsp3) is 0.514. The quantitative estimate of drug-likeness (QED) is 0.0911. The lowest BCUT2D eigenvalue weighted by Gasteiger charge is -2.35. The molecule has 0 saturated heterocycles. The highest BCUT2D eigenvalue weighted by atomic mass is 19.4. The van der Waals surface area contributed by atoms with Gasteiger partial charge in [-0.05, 0) is 69.8 Å². The second-order valence-electron chi connectivity index (χ2n) is 12.2. The van der Waals surface area contributed by atoms with Crippen LogP contribution in [0.2, 0.25) is 0 Å². The SMILES string of the molecule is CO[C@@](C(=O)O[C@H](C/C=C(\C=O)CC/C=C(\C)CCC1=C(C)CCCC1(C)C)C1=CC(=O)OC1)(c1ccccc1)C(F)(F)F. The number of carbonyl (C=O) groups excluding carboxylic acids is 3. The van der Waals surface area contributed by atoms with Crippen LogP contribution in [0.5, 0.6) is 0 Å². The van der Waals surface area contributed by atoms with Crippen LogP contribution in [-0.4, -0.2) is 44.2 Å². The number of hydrogen-bond donors (Lipinski definition) is 0. The van der Waals surface area contributed by atoms with Gasteiger partial charge in [-0.15, -0.1) is 0 Å². The first-order valence-electron chi connectivity index (χ1n) is 15.0. The lowest BCUT2D eigenvalue weighted by molar-refractivity contribution is -0.277. The number of aldehydes is 1. The van der Waals surface area contributed by atoms with Gasteiger partial charge in [0.2, 0.25) is 0 Å². The smallest absolute Gasteiger partial charge is 0.432 e. The van der Waals surface area contributed by atoms with E-state index in [2.05, 4.69) is 33.8 Å².